The summed E-state index contributed by atoms with van der Waals surface area (Å²) in [7, 11) is 0. The predicted octanol–water partition coefficient (Wildman–Crippen LogP) is 4.42. The quantitative estimate of drug-likeness (QED) is 0.513. The van der Waals surface area contributed by atoms with Crippen molar-refractivity contribution in [2.45, 2.75) is 53.4 Å². The highest BCUT2D eigenvalue weighted by Crippen LogP contribution is 2.68. The molecule has 0 aromatic heterocycles. The van der Waals surface area contributed by atoms with Gasteiger partial charge in [0.15, 0.2) is 0 Å². The molecule has 4 aliphatic rings. The molecule has 2 bridgehead atoms. The Labute approximate surface area is 94.1 Å². The van der Waals surface area contributed by atoms with Crippen molar-refractivity contribution in [2.24, 2.45) is 28.6 Å². The number of rotatable bonds is 0. The minimum Gasteiger partial charge on any atom is -0.0785 e. The van der Waals surface area contributed by atoms with Gasteiger partial charge in [-0.05, 0) is 61.2 Å². The molecule has 0 heteroatoms. The number of allylic oxidation sites excluding steroid dienone is 2. The molecular formula is C15H24. The van der Waals surface area contributed by atoms with E-state index < -0.39 is 0 Å². The molecule has 4 rings (SSSR count). The molecule has 15 heavy (non-hydrogen) atoms. The van der Waals surface area contributed by atoms with Crippen LogP contribution in [0.3, 0.4) is 0 Å². The van der Waals surface area contributed by atoms with Crippen molar-refractivity contribution >= 4 is 0 Å². The van der Waals surface area contributed by atoms with Gasteiger partial charge in [-0.25, -0.2) is 0 Å². The molecule has 1 spiro atoms. The average Bonchev–Trinajstić information content (AvgIpc) is 2.45. The van der Waals surface area contributed by atoms with Crippen LogP contribution in [-0.2, 0) is 0 Å². The van der Waals surface area contributed by atoms with E-state index in [4.69, 9.17) is 0 Å². The van der Waals surface area contributed by atoms with Gasteiger partial charge in [0.2, 0.25) is 0 Å². The van der Waals surface area contributed by atoms with Gasteiger partial charge in [-0.2, -0.15) is 0 Å². The third-order valence-corrected chi connectivity index (χ3v) is 6.16. The Kier molecular flexibility index (Phi) is 1.79. The highest BCUT2D eigenvalue weighted by molar-refractivity contribution is 5.28. The topological polar surface area (TPSA) is 0 Å². The Hall–Kier alpha value is -0.260. The predicted molar refractivity (Wildman–Crippen MR) is 64.6 cm³/mol. The molecule has 2 saturated carbocycles. The Bertz CT molecular complexity index is 323. The highest BCUT2D eigenvalue weighted by atomic mass is 14.6. The lowest BCUT2D eigenvalue weighted by atomic mass is 9.46. The first-order valence-corrected chi connectivity index (χ1v) is 6.68. The lowest BCUT2D eigenvalue weighted by Gasteiger charge is -2.58. The second-order valence-corrected chi connectivity index (χ2v) is 6.94. The van der Waals surface area contributed by atoms with E-state index in [1.807, 2.05) is 0 Å². The fourth-order valence-corrected chi connectivity index (χ4v) is 5.45. The van der Waals surface area contributed by atoms with Crippen LogP contribution in [0.4, 0.5) is 0 Å². The van der Waals surface area contributed by atoms with Gasteiger partial charge in [0.1, 0.15) is 0 Å². The third kappa shape index (κ3) is 0.990. The molecule has 0 saturated heterocycles. The normalized spacial score (nSPS) is 51.5. The zero-order valence-electron chi connectivity index (χ0n) is 10.6. The summed E-state index contributed by atoms with van der Waals surface area (Å²) in [6.45, 7) is 9.94. The summed E-state index contributed by atoms with van der Waals surface area (Å²) in [6, 6.07) is 0. The van der Waals surface area contributed by atoms with E-state index in [1.54, 1.807) is 5.57 Å². The standard InChI is InChI=1S/C15H24/c1-10-9-15-8-7-12(10)14(3,4)13(15)6-5-11(15)2/h9,11-13H,5-8H2,1-4H3. The SMILES string of the molecule is CC1=CC23CCC1C(C)(C)C2CCC3C. The number of hydrogen-bond acceptors (Lipinski definition) is 0. The molecule has 4 aliphatic carbocycles. The summed E-state index contributed by atoms with van der Waals surface area (Å²) >= 11 is 0. The van der Waals surface area contributed by atoms with Crippen LogP contribution in [-0.4, -0.2) is 0 Å². The van der Waals surface area contributed by atoms with Crippen LogP contribution in [0.2, 0.25) is 0 Å². The van der Waals surface area contributed by atoms with Crippen LogP contribution in [0, 0.1) is 28.6 Å². The van der Waals surface area contributed by atoms with Crippen molar-refractivity contribution in [3.63, 3.8) is 0 Å². The molecule has 0 radical (unpaired) electrons. The van der Waals surface area contributed by atoms with Crippen molar-refractivity contribution in [2.75, 3.05) is 0 Å². The molecule has 0 aromatic rings. The van der Waals surface area contributed by atoms with E-state index >= 15 is 0 Å². The molecule has 0 amide bonds. The molecular weight excluding hydrogens is 180 g/mol. The van der Waals surface area contributed by atoms with Gasteiger partial charge in [0, 0.05) is 0 Å². The Morgan fingerprint density at radius 2 is 1.93 bits per heavy atom. The number of fused-ring (bicyclic) bond motifs is 1. The Morgan fingerprint density at radius 3 is 2.60 bits per heavy atom. The molecule has 84 valence electrons. The third-order valence-electron chi connectivity index (χ3n) is 6.16. The molecule has 0 aromatic carbocycles. The largest absolute Gasteiger partial charge is 0.0785 e. The summed E-state index contributed by atoms with van der Waals surface area (Å²) in [5, 5.41) is 0. The number of hydrogen-bond donors (Lipinski definition) is 0. The van der Waals surface area contributed by atoms with Crippen molar-refractivity contribution in [3.05, 3.63) is 11.6 Å². The van der Waals surface area contributed by atoms with E-state index in [0.29, 0.717) is 10.8 Å². The zero-order chi connectivity index (χ0) is 10.8. The Morgan fingerprint density at radius 1 is 1.20 bits per heavy atom. The first kappa shape index (κ1) is 9.93. The van der Waals surface area contributed by atoms with Gasteiger partial charge in [-0.3, -0.25) is 0 Å². The minimum atomic E-state index is 0.571. The van der Waals surface area contributed by atoms with Crippen molar-refractivity contribution < 1.29 is 0 Å². The van der Waals surface area contributed by atoms with Gasteiger partial charge < -0.3 is 0 Å². The zero-order valence-corrected chi connectivity index (χ0v) is 10.6. The minimum absolute atomic E-state index is 0.571. The fourth-order valence-electron chi connectivity index (χ4n) is 5.45. The second-order valence-electron chi connectivity index (χ2n) is 6.94. The molecule has 0 N–H and O–H groups in total. The molecule has 0 nitrogen and oxygen atoms in total. The molecule has 4 atom stereocenters. The van der Waals surface area contributed by atoms with Crippen LogP contribution < -0.4 is 0 Å². The average molecular weight is 204 g/mol. The van der Waals surface area contributed by atoms with Gasteiger partial charge in [-0.15, -0.1) is 0 Å². The van der Waals surface area contributed by atoms with Crippen LogP contribution >= 0.6 is 0 Å². The highest BCUT2D eigenvalue weighted by Gasteiger charge is 2.60. The van der Waals surface area contributed by atoms with Gasteiger partial charge in [-0.1, -0.05) is 32.4 Å². The summed E-state index contributed by atoms with van der Waals surface area (Å²) in [6.07, 6.45) is 8.56. The van der Waals surface area contributed by atoms with E-state index in [2.05, 4.69) is 33.8 Å². The first-order chi connectivity index (χ1) is 6.98. The van der Waals surface area contributed by atoms with E-state index in [-0.39, 0.29) is 0 Å². The first-order valence-electron chi connectivity index (χ1n) is 6.68. The van der Waals surface area contributed by atoms with Crippen molar-refractivity contribution in [1.29, 1.82) is 0 Å². The second kappa shape index (κ2) is 2.70. The maximum absolute atomic E-state index is 2.69. The lowest BCUT2D eigenvalue weighted by molar-refractivity contribution is -0.0273. The van der Waals surface area contributed by atoms with Crippen molar-refractivity contribution in [3.8, 4) is 0 Å². The van der Waals surface area contributed by atoms with E-state index in [1.165, 1.54) is 25.7 Å². The molecule has 2 fully saturated rings. The Balaban J connectivity index is 2.16. The molecule has 0 heterocycles. The van der Waals surface area contributed by atoms with Gasteiger partial charge >= 0.3 is 0 Å². The van der Waals surface area contributed by atoms with E-state index in [9.17, 15) is 0 Å². The molecule has 0 aliphatic heterocycles. The van der Waals surface area contributed by atoms with E-state index in [0.717, 1.165) is 17.8 Å². The summed E-state index contributed by atoms with van der Waals surface area (Å²) in [5.41, 5.74) is 2.88. The van der Waals surface area contributed by atoms with Gasteiger partial charge in [0.25, 0.3) is 0 Å². The van der Waals surface area contributed by atoms with Crippen LogP contribution in [0.5, 0.6) is 0 Å². The summed E-state index contributed by atoms with van der Waals surface area (Å²) in [4.78, 5) is 0. The van der Waals surface area contributed by atoms with Crippen LogP contribution in [0.1, 0.15) is 53.4 Å². The molecule has 4 unspecified atom stereocenters. The van der Waals surface area contributed by atoms with Crippen LogP contribution in [0.15, 0.2) is 11.6 Å². The smallest absolute Gasteiger partial charge is 0.00562 e. The maximum Gasteiger partial charge on any atom is -0.00562 e. The lowest BCUT2D eigenvalue weighted by Crippen LogP contribution is -2.50. The summed E-state index contributed by atoms with van der Waals surface area (Å²) in [5.74, 6) is 2.79. The maximum atomic E-state index is 2.69. The van der Waals surface area contributed by atoms with Gasteiger partial charge in [0.05, 0.1) is 0 Å². The fraction of sp³-hybridized carbons (Fsp3) is 0.867. The monoisotopic (exact) mass is 204 g/mol. The summed E-state index contributed by atoms with van der Waals surface area (Å²) < 4.78 is 0. The van der Waals surface area contributed by atoms with Crippen LogP contribution in [0.25, 0.3) is 0 Å². The van der Waals surface area contributed by atoms with Crippen molar-refractivity contribution in [1.82, 2.24) is 0 Å².